The van der Waals surface area contributed by atoms with Crippen LogP contribution in [0.2, 0.25) is 0 Å². The van der Waals surface area contributed by atoms with Gasteiger partial charge in [0.15, 0.2) is 0 Å². The lowest BCUT2D eigenvalue weighted by Gasteiger charge is -2.35. The summed E-state index contributed by atoms with van der Waals surface area (Å²) in [5.74, 6) is -2.89. The van der Waals surface area contributed by atoms with Crippen molar-refractivity contribution in [1.29, 1.82) is 0 Å². The highest BCUT2D eigenvalue weighted by Gasteiger charge is 2.18. The molecular weight excluding hydrogens is 459 g/mol. The second kappa shape index (κ2) is 11.6. The van der Waals surface area contributed by atoms with Crippen LogP contribution in [0, 0.1) is 5.82 Å². The van der Waals surface area contributed by atoms with Crippen LogP contribution in [0.15, 0.2) is 46.9 Å². The number of carboxylic acid groups (broad SMARTS) is 2. The topological polar surface area (TPSA) is 90.3 Å². The van der Waals surface area contributed by atoms with Gasteiger partial charge in [0.1, 0.15) is 11.6 Å². The highest BCUT2D eigenvalue weighted by atomic mass is 79.9. The maximum atomic E-state index is 13.0. The van der Waals surface area contributed by atoms with Crippen LogP contribution in [0.4, 0.5) is 4.39 Å². The molecule has 0 saturated carbocycles. The Balaban J connectivity index is 0.000000469. The first kappa shape index (κ1) is 23.8. The molecule has 2 aromatic rings. The summed E-state index contributed by atoms with van der Waals surface area (Å²) in [6.45, 7) is 5.87. The molecule has 0 bridgehead atoms. The minimum absolute atomic E-state index is 0.175. The first-order valence-corrected chi connectivity index (χ1v) is 10.1. The van der Waals surface area contributed by atoms with E-state index in [-0.39, 0.29) is 5.82 Å². The van der Waals surface area contributed by atoms with Gasteiger partial charge in [-0.25, -0.2) is 14.0 Å². The molecule has 0 atom stereocenters. The van der Waals surface area contributed by atoms with Gasteiger partial charge in [-0.15, -0.1) is 0 Å². The van der Waals surface area contributed by atoms with E-state index in [1.54, 1.807) is 7.11 Å². The van der Waals surface area contributed by atoms with Crippen molar-refractivity contribution in [3.05, 3.63) is 63.9 Å². The Morgan fingerprint density at radius 2 is 1.50 bits per heavy atom. The zero-order valence-corrected chi connectivity index (χ0v) is 18.1. The molecule has 3 rings (SSSR count). The number of aliphatic carboxylic acids is 2. The zero-order chi connectivity index (χ0) is 22.1. The van der Waals surface area contributed by atoms with Crippen LogP contribution in [0.25, 0.3) is 0 Å². The van der Waals surface area contributed by atoms with Gasteiger partial charge in [0.25, 0.3) is 0 Å². The van der Waals surface area contributed by atoms with Gasteiger partial charge in [0.2, 0.25) is 0 Å². The molecule has 0 radical (unpaired) electrons. The summed E-state index contributed by atoms with van der Waals surface area (Å²) in [7, 11) is 1.72. The Morgan fingerprint density at radius 1 is 0.967 bits per heavy atom. The first-order valence-electron chi connectivity index (χ1n) is 9.26. The number of nitrogens with zero attached hydrogens (tertiary/aromatic N) is 2. The predicted molar refractivity (Wildman–Crippen MR) is 113 cm³/mol. The fourth-order valence-electron chi connectivity index (χ4n) is 3.07. The lowest BCUT2D eigenvalue weighted by atomic mass is 10.1. The van der Waals surface area contributed by atoms with E-state index in [1.165, 1.54) is 23.3 Å². The molecule has 162 valence electrons. The Hall–Kier alpha value is -2.49. The molecule has 0 unspecified atom stereocenters. The Kier molecular flexibility index (Phi) is 9.22. The average molecular weight is 483 g/mol. The number of methoxy groups -OCH3 is 1. The quantitative estimate of drug-likeness (QED) is 0.632. The van der Waals surface area contributed by atoms with E-state index in [9.17, 15) is 4.39 Å². The number of ether oxygens (including phenoxy) is 1. The molecule has 1 saturated heterocycles. The van der Waals surface area contributed by atoms with Crippen LogP contribution in [-0.4, -0.2) is 65.2 Å². The van der Waals surface area contributed by atoms with Crippen LogP contribution in [0.1, 0.15) is 11.1 Å². The lowest BCUT2D eigenvalue weighted by Crippen LogP contribution is -2.45. The number of halogens is 2. The molecule has 1 aliphatic heterocycles. The monoisotopic (exact) mass is 482 g/mol. The van der Waals surface area contributed by atoms with Gasteiger partial charge in [-0.1, -0.05) is 28.1 Å². The van der Waals surface area contributed by atoms with Crippen LogP contribution in [0.5, 0.6) is 5.75 Å². The maximum absolute atomic E-state index is 13.0. The predicted octanol–water partition coefficient (Wildman–Crippen LogP) is 3.07. The molecule has 0 spiro atoms. The van der Waals surface area contributed by atoms with Crippen molar-refractivity contribution in [2.45, 2.75) is 13.1 Å². The third-order valence-electron chi connectivity index (χ3n) is 4.60. The molecule has 0 amide bonds. The van der Waals surface area contributed by atoms with Crippen molar-refractivity contribution in [3.8, 4) is 5.75 Å². The second-order valence-corrected chi connectivity index (χ2v) is 7.66. The summed E-state index contributed by atoms with van der Waals surface area (Å²) in [6.07, 6.45) is 0. The minimum atomic E-state index is -1.82. The van der Waals surface area contributed by atoms with Crippen LogP contribution in [-0.2, 0) is 22.7 Å². The van der Waals surface area contributed by atoms with Crippen molar-refractivity contribution >= 4 is 27.9 Å². The number of hydrogen-bond donors (Lipinski definition) is 2. The van der Waals surface area contributed by atoms with E-state index in [4.69, 9.17) is 24.5 Å². The summed E-state index contributed by atoms with van der Waals surface area (Å²) in [4.78, 5) is 23.1. The van der Waals surface area contributed by atoms with Gasteiger partial charge < -0.3 is 14.9 Å². The highest BCUT2D eigenvalue weighted by molar-refractivity contribution is 9.10. The van der Waals surface area contributed by atoms with Crippen LogP contribution in [0.3, 0.4) is 0 Å². The largest absolute Gasteiger partial charge is 0.496 e. The number of benzene rings is 2. The van der Waals surface area contributed by atoms with Gasteiger partial charge in [-0.3, -0.25) is 9.80 Å². The van der Waals surface area contributed by atoms with Crippen molar-refractivity contribution in [2.24, 2.45) is 0 Å². The minimum Gasteiger partial charge on any atom is -0.496 e. The van der Waals surface area contributed by atoms with Gasteiger partial charge in [-0.2, -0.15) is 0 Å². The van der Waals surface area contributed by atoms with Crippen LogP contribution >= 0.6 is 15.9 Å². The van der Waals surface area contributed by atoms with Gasteiger partial charge in [-0.05, 0) is 35.9 Å². The van der Waals surface area contributed by atoms with Crippen LogP contribution < -0.4 is 4.74 Å². The molecule has 7 nitrogen and oxygen atoms in total. The third kappa shape index (κ3) is 7.74. The Labute approximate surface area is 182 Å². The summed E-state index contributed by atoms with van der Waals surface area (Å²) in [5.41, 5.74) is 2.37. The summed E-state index contributed by atoms with van der Waals surface area (Å²) < 4.78 is 19.5. The molecule has 0 aromatic heterocycles. The van der Waals surface area contributed by atoms with E-state index in [0.29, 0.717) is 0 Å². The molecule has 1 heterocycles. The molecule has 9 heteroatoms. The Morgan fingerprint density at radius 3 is 2.00 bits per heavy atom. The maximum Gasteiger partial charge on any atom is 0.414 e. The SMILES string of the molecule is COc1ccc(Br)cc1CN1CCN(Cc2ccc(F)cc2)CC1.O=C(O)C(=O)O. The normalized spacial score (nSPS) is 14.5. The van der Waals surface area contributed by atoms with Gasteiger partial charge >= 0.3 is 11.9 Å². The summed E-state index contributed by atoms with van der Waals surface area (Å²) in [6, 6.07) is 12.9. The molecule has 1 fully saturated rings. The third-order valence-corrected chi connectivity index (χ3v) is 5.10. The summed E-state index contributed by atoms with van der Waals surface area (Å²) >= 11 is 3.53. The van der Waals surface area contributed by atoms with Crippen molar-refractivity contribution < 1.29 is 28.9 Å². The standard InChI is InChI=1S/C19H22BrFN2O.C2H2O4/c1-24-19-7-4-17(20)12-16(19)14-23-10-8-22(9-11-23)13-15-2-5-18(21)6-3-15;3-1(4)2(5)6/h2-7,12H,8-11,13-14H2,1H3;(H,3,4)(H,5,6). The second-order valence-electron chi connectivity index (χ2n) is 6.75. The number of piperazine rings is 1. The van der Waals surface area contributed by atoms with Gasteiger partial charge in [0.05, 0.1) is 7.11 Å². The first-order chi connectivity index (χ1) is 14.3. The van der Waals surface area contributed by atoms with E-state index >= 15 is 0 Å². The number of hydrogen-bond acceptors (Lipinski definition) is 5. The molecule has 2 aromatic carbocycles. The molecule has 1 aliphatic rings. The Bertz CT molecular complexity index is 843. The van der Waals surface area contributed by atoms with E-state index in [2.05, 4.69) is 31.8 Å². The fourth-order valence-corrected chi connectivity index (χ4v) is 3.47. The van der Waals surface area contributed by atoms with E-state index in [0.717, 1.165) is 49.5 Å². The van der Waals surface area contributed by atoms with Crippen molar-refractivity contribution in [2.75, 3.05) is 33.3 Å². The highest BCUT2D eigenvalue weighted by Crippen LogP contribution is 2.24. The summed E-state index contributed by atoms with van der Waals surface area (Å²) in [5, 5.41) is 14.8. The van der Waals surface area contributed by atoms with E-state index in [1.807, 2.05) is 24.3 Å². The van der Waals surface area contributed by atoms with E-state index < -0.39 is 11.9 Å². The van der Waals surface area contributed by atoms with Crippen molar-refractivity contribution in [3.63, 3.8) is 0 Å². The zero-order valence-electron chi connectivity index (χ0n) is 16.6. The van der Waals surface area contributed by atoms with Crippen molar-refractivity contribution in [1.82, 2.24) is 9.80 Å². The molecular formula is C21H24BrFN2O5. The smallest absolute Gasteiger partial charge is 0.414 e. The molecule has 0 aliphatic carbocycles. The number of carbonyl (C=O) groups is 2. The van der Waals surface area contributed by atoms with Gasteiger partial charge in [0, 0.05) is 49.3 Å². The number of rotatable bonds is 5. The number of carboxylic acids is 2. The molecule has 2 N–H and O–H groups in total. The fraction of sp³-hybridized carbons (Fsp3) is 0.333. The average Bonchev–Trinajstić information content (AvgIpc) is 2.72. The molecule has 30 heavy (non-hydrogen) atoms. The lowest BCUT2D eigenvalue weighted by molar-refractivity contribution is -0.159.